The number of nitrogens with one attached hydrogen (secondary N) is 1. The van der Waals surface area contributed by atoms with Crippen LogP contribution in [-0.4, -0.2) is 44.1 Å². The number of carboxylic acids is 1. The van der Waals surface area contributed by atoms with Crippen molar-refractivity contribution in [2.45, 2.75) is 5.92 Å². The van der Waals surface area contributed by atoms with Gasteiger partial charge in [-0.2, -0.15) is 0 Å². The topological polar surface area (TPSA) is 95.0 Å². The van der Waals surface area contributed by atoms with E-state index in [4.69, 9.17) is 0 Å². The van der Waals surface area contributed by atoms with Crippen molar-refractivity contribution in [3.05, 3.63) is 48.7 Å². The van der Waals surface area contributed by atoms with E-state index in [-0.39, 0.29) is 5.92 Å². The fourth-order valence-electron chi connectivity index (χ4n) is 3.29. The maximum Gasteiger partial charge on any atom is 0.308 e. The number of aliphatic carboxylic acids is 1. The lowest BCUT2D eigenvalue weighted by molar-refractivity contribution is -0.141. The predicted octanol–water partition coefficient (Wildman–Crippen LogP) is 1.66. The van der Waals surface area contributed by atoms with Gasteiger partial charge in [-0.15, -0.1) is 0 Å². The number of aromatic nitrogens is 4. The standard InChI is InChI=1S/C16H15N5O2/c22-16(23)13-8-21(7-12(13)10-1-4-17-5-2-10)15-11-3-6-18-14(11)19-9-20-15/h1-6,9,12-13H,7-8H2,(H,22,23)(H,18,19,20)/t12-,13+/m0/s1. The number of fused-ring (bicyclic) bond motifs is 1. The fourth-order valence-corrected chi connectivity index (χ4v) is 3.29. The molecule has 23 heavy (non-hydrogen) atoms. The van der Waals surface area contributed by atoms with Gasteiger partial charge >= 0.3 is 5.97 Å². The van der Waals surface area contributed by atoms with E-state index in [2.05, 4.69) is 19.9 Å². The Bertz CT molecular complexity index is 848. The van der Waals surface area contributed by atoms with Crippen LogP contribution in [0.2, 0.25) is 0 Å². The summed E-state index contributed by atoms with van der Waals surface area (Å²) >= 11 is 0. The molecule has 0 radical (unpaired) electrons. The molecule has 1 fully saturated rings. The highest BCUT2D eigenvalue weighted by atomic mass is 16.4. The average Bonchev–Trinajstić information content (AvgIpc) is 3.22. The number of carboxylic acid groups (broad SMARTS) is 1. The summed E-state index contributed by atoms with van der Waals surface area (Å²) in [6.07, 6.45) is 6.72. The average molecular weight is 309 g/mol. The minimum absolute atomic E-state index is 0.0838. The second-order valence-corrected chi connectivity index (χ2v) is 5.67. The molecule has 7 heteroatoms. The van der Waals surface area contributed by atoms with Crippen molar-refractivity contribution in [1.29, 1.82) is 0 Å². The molecule has 2 atom stereocenters. The first-order valence-corrected chi connectivity index (χ1v) is 7.40. The lowest BCUT2D eigenvalue weighted by Gasteiger charge is -2.17. The molecule has 4 rings (SSSR count). The highest BCUT2D eigenvalue weighted by molar-refractivity contribution is 5.88. The maximum absolute atomic E-state index is 11.7. The van der Waals surface area contributed by atoms with E-state index in [0.717, 1.165) is 22.4 Å². The third-order valence-corrected chi connectivity index (χ3v) is 4.40. The zero-order valence-electron chi connectivity index (χ0n) is 12.3. The summed E-state index contributed by atoms with van der Waals surface area (Å²) in [5.41, 5.74) is 1.75. The molecule has 3 aromatic rings. The van der Waals surface area contributed by atoms with Gasteiger partial charge in [0.25, 0.3) is 0 Å². The zero-order chi connectivity index (χ0) is 15.8. The van der Waals surface area contributed by atoms with Crippen LogP contribution in [0.3, 0.4) is 0 Å². The molecule has 1 saturated heterocycles. The van der Waals surface area contributed by atoms with E-state index < -0.39 is 11.9 Å². The van der Waals surface area contributed by atoms with Gasteiger partial charge in [0, 0.05) is 37.6 Å². The molecule has 0 saturated carbocycles. The highest BCUT2D eigenvalue weighted by Gasteiger charge is 2.39. The second kappa shape index (κ2) is 5.35. The minimum atomic E-state index is -0.784. The third kappa shape index (κ3) is 2.30. The molecule has 3 aromatic heterocycles. The van der Waals surface area contributed by atoms with E-state index in [1.807, 2.05) is 29.3 Å². The Morgan fingerprint density at radius 3 is 2.83 bits per heavy atom. The van der Waals surface area contributed by atoms with E-state index in [9.17, 15) is 9.90 Å². The predicted molar refractivity (Wildman–Crippen MR) is 84.2 cm³/mol. The van der Waals surface area contributed by atoms with Crippen molar-refractivity contribution < 1.29 is 9.90 Å². The molecule has 7 nitrogen and oxygen atoms in total. The van der Waals surface area contributed by atoms with E-state index >= 15 is 0 Å². The first-order chi connectivity index (χ1) is 11.2. The molecule has 0 aliphatic carbocycles. The molecule has 1 aliphatic rings. The molecule has 4 heterocycles. The Labute approximate surface area is 132 Å². The summed E-state index contributed by atoms with van der Waals surface area (Å²) in [4.78, 5) is 29.4. The summed E-state index contributed by atoms with van der Waals surface area (Å²) in [5.74, 6) is -0.562. The summed E-state index contributed by atoms with van der Waals surface area (Å²) in [6, 6.07) is 5.69. The van der Waals surface area contributed by atoms with Crippen LogP contribution in [0, 0.1) is 5.92 Å². The Morgan fingerprint density at radius 2 is 2.04 bits per heavy atom. The quantitative estimate of drug-likeness (QED) is 0.764. The largest absolute Gasteiger partial charge is 0.481 e. The van der Waals surface area contributed by atoms with Crippen LogP contribution in [0.25, 0.3) is 11.0 Å². The van der Waals surface area contributed by atoms with Gasteiger partial charge in [-0.25, -0.2) is 9.97 Å². The SMILES string of the molecule is O=C(O)[C@@H]1CN(c2ncnc3[nH]ccc23)C[C@H]1c1ccncc1. The number of pyridine rings is 1. The maximum atomic E-state index is 11.7. The van der Waals surface area contributed by atoms with E-state index in [1.54, 1.807) is 12.4 Å². The van der Waals surface area contributed by atoms with Gasteiger partial charge in [-0.1, -0.05) is 0 Å². The van der Waals surface area contributed by atoms with Crippen LogP contribution in [0.4, 0.5) is 5.82 Å². The van der Waals surface area contributed by atoms with Gasteiger partial charge in [0.2, 0.25) is 0 Å². The first kappa shape index (κ1) is 13.7. The van der Waals surface area contributed by atoms with Crippen molar-refractivity contribution >= 4 is 22.8 Å². The number of nitrogens with zero attached hydrogens (tertiary/aromatic N) is 4. The van der Waals surface area contributed by atoms with Crippen LogP contribution in [0.15, 0.2) is 43.1 Å². The van der Waals surface area contributed by atoms with Gasteiger partial charge in [0.05, 0.1) is 11.3 Å². The van der Waals surface area contributed by atoms with Crippen LogP contribution in [0.1, 0.15) is 11.5 Å². The van der Waals surface area contributed by atoms with Crippen LogP contribution in [-0.2, 0) is 4.79 Å². The summed E-state index contributed by atoms with van der Waals surface area (Å²) in [7, 11) is 0. The van der Waals surface area contributed by atoms with Gasteiger partial charge < -0.3 is 15.0 Å². The molecule has 116 valence electrons. The van der Waals surface area contributed by atoms with Crippen LogP contribution >= 0.6 is 0 Å². The molecular formula is C16H15N5O2. The second-order valence-electron chi connectivity index (χ2n) is 5.67. The van der Waals surface area contributed by atoms with Crippen LogP contribution < -0.4 is 4.90 Å². The molecule has 0 bridgehead atoms. The number of aromatic amines is 1. The molecular weight excluding hydrogens is 294 g/mol. The monoisotopic (exact) mass is 309 g/mol. The van der Waals surface area contributed by atoms with Crippen molar-refractivity contribution in [1.82, 2.24) is 19.9 Å². The summed E-state index contributed by atoms with van der Waals surface area (Å²) in [5, 5.41) is 10.5. The molecule has 0 amide bonds. The van der Waals surface area contributed by atoms with Crippen LogP contribution in [0.5, 0.6) is 0 Å². The number of H-pyrrole nitrogens is 1. The third-order valence-electron chi connectivity index (χ3n) is 4.40. The Morgan fingerprint density at radius 1 is 1.22 bits per heavy atom. The Kier molecular flexibility index (Phi) is 3.18. The molecule has 0 unspecified atom stereocenters. The zero-order valence-corrected chi connectivity index (χ0v) is 12.3. The number of carbonyl (C=O) groups is 1. The number of hydrogen-bond acceptors (Lipinski definition) is 5. The van der Waals surface area contributed by atoms with E-state index in [1.165, 1.54) is 6.33 Å². The number of hydrogen-bond donors (Lipinski definition) is 2. The van der Waals surface area contributed by atoms with Crippen molar-refractivity contribution in [2.24, 2.45) is 5.92 Å². The highest BCUT2D eigenvalue weighted by Crippen LogP contribution is 2.36. The Hall–Kier alpha value is -2.96. The first-order valence-electron chi connectivity index (χ1n) is 7.40. The summed E-state index contributed by atoms with van der Waals surface area (Å²) < 4.78 is 0. The van der Waals surface area contributed by atoms with Crippen molar-refractivity contribution in [3.63, 3.8) is 0 Å². The lowest BCUT2D eigenvalue weighted by atomic mass is 9.90. The normalized spacial score (nSPS) is 21.0. The number of rotatable bonds is 3. The van der Waals surface area contributed by atoms with Crippen molar-refractivity contribution in [3.8, 4) is 0 Å². The van der Waals surface area contributed by atoms with E-state index in [0.29, 0.717) is 13.1 Å². The van der Waals surface area contributed by atoms with Gasteiger partial charge in [0.15, 0.2) is 0 Å². The van der Waals surface area contributed by atoms with Crippen molar-refractivity contribution in [2.75, 3.05) is 18.0 Å². The van der Waals surface area contributed by atoms with Gasteiger partial charge in [-0.3, -0.25) is 9.78 Å². The molecule has 0 aromatic carbocycles. The number of anilines is 1. The lowest BCUT2D eigenvalue weighted by Crippen LogP contribution is -2.23. The molecule has 2 N–H and O–H groups in total. The van der Waals surface area contributed by atoms with Gasteiger partial charge in [0.1, 0.15) is 17.8 Å². The van der Waals surface area contributed by atoms with Gasteiger partial charge in [-0.05, 0) is 23.8 Å². The molecule has 0 spiro atoms. The molecule has 1 aliphatic heterocycles. The Balaban J connectivity index is 1.72. The minimum Gasteiger partial charge on any atom is -0.481 e. The fraction of sp³-hybridized carbons (Fsp3) is 0.250. The summed E-state index contributed by atoms with van der Waals surface area (Å²) in [6.45, 7) is 1.04. The smallest absolute Gasteiger partial charge is 0.308 e.